The quantitative estimate of drug-likeness (QED) is 0.525. The van der Waals surface area contributed by atoms with Crippen LogP contribution >= 0.6 is 0 Å². The zero-order valence-corrected chi connectivity index (χ0v) is 16.8. The van der Waals surface area contributed by atoms with Gasteiger partial charge in [-0.05, 0) is 73.1 Å². The van der Waals surface area contributed by atoms with E-state index in [4.69, 9.17) is 4.74 Å². The third-order valence-electron chi connectivity index (χ3n) is 5.61. The van der Waals surface area contributed by atoms with Gasteiger partial charge in [0.05, 0.1) is 6.61 Å². The summed E-state index contributed by atoms with van der Waals surface area (Å²) in [5.41, 5.74) is 3.54. The number of hydrogen-bond acceptors (Lipinski definition) is 1. The number of aryl methyl sites for hydroxylation is 1. The second-order valence-corrected chi connectivity index (χ2v) is 7.98. The van der Waals surface area contributed by atoms with E-state index in [9.17, 15) is 0 Å². The summed E-state index contributed by atoms with van der Waals surface area (Å²) in [6, 6.07) is 16.8. The molecule has 0 unspecified atom stereocenters. The Bertz CT molecular complexity index is 738. The fourth-order valence-corrected chi connectivity index (χ4v) is 3.74. The molecule has 0 N–H and O–H groups in total. The van der Waals surface area contributed by atoms with Crippen molar-refractivity contribution in [2.24, 2.45) is 11.8 Å². The number of benzene rings is 2. The van der Waals surface area contributed by atoms with Gasteiger partial charge in [-0.1, -0.05) is 63.5 Å². The molecule has 1 saturated carbocycles. The first-order valence-electron chi connectivity index (χ1n) is 10.6. The molecule has 0 bridgehead atoms. The lowest BCUT2D eigenvalue weighted by Gasteiger charge is -2.26. The molecule has 0 saturated heterocycles. The summed E-state index contributed by atoms with van der Waals surface area (Å²) < 4.78 is 5.61. The predicted molar refractivity (Wildman–Crippen MR) is 114 cm³/mol. The highest BCUT2D eigenvalue weighted by molar-refractivity contribution is 5.44. The lowest BCUT2D eigenvalue weighted by atomic mass is 9.80. The molecule has 0 aliphatic heterocycles. The second-order valence-electron chi connectivity index (χ2n) is 7.98. The minimum absolute atomic E-state index is 0.761. The Kier molecular flexibility index (Phi) is 7.40. The fraction of sp³-hybridized carbons (Fsp3) is 0.462. The lowest BCUT2D eigenvalue weighted by Crippen LogP contribution is -2.12. The van der Waals surface area contributed by atoms with Crippen molar-refractivity contribution in [1.29, 1.82) is 0 Å². The molecule has 2 aromatic carbocycles. The summed E-state index contributed by atoms with van der Waals surface area (Å²) in [6.07, 6.45) is 9.25. The van der Waals surface area contributed by atoms with Crippen molar-refractivity contribution in [3.05, 3.63) is 65.2 Å². The molecule has 2 aromatic rings. The van der Waals surface area contributed by atoms with Gasteiger partial charge in [0.2, 0.25) is 0 Å². The average Bonchev–Trinajstić information content (AvgIpc) is 2.72. The topological polar surface area (TPSA) is 9.23 Å². The number of rotatable bonds is 6. The zero-order valence-electron chi connectivity index (χ0n) is 16.8. The molecule has 1 fully saturated rings. The average molecular weight is 361 g/mol. The van der Waals surface area contributed by atoms with E-state index in [0.717, 1.165) is 41.7 Å². The molecule has 1 aliphatic rings. The van der Waals surface area contributed by atoms with E-state index in [1.165, 1.54) is 44.1 Å². The van der Waals surface area contributed by atoms with E-state index in [1.54, 1.807) is 0 Å². The lowest BCUT2D eigenvalue weighted by molar-refractivity contribution is 0.278. The van der Waals surface area contributed by atoms with Crippen molar-refractivity contribution in [3.8, 4) is 17.6 Å². The standard InChI is InChI=1S/C26H32O/c1-3-20-27-26-18-16-25(17-19-26)15-14-24-12-10-23(11-13-24)9-8-22-6-4-21(2)5-7-22/h10-13,16-19,21-22H,3-9,20H2,1-2H3. The number of hydrogen-bond donors (Lipinski definition) is 0. The molecule has 1 nitrogen and oxygen atoms in total. The third-order valence-corrected chi connectivity index (χ3v) is 5.61. The van der Waals surface area contributed by atoms with Crippen molar-refractivity contribution in [1.82, 2.24) is 0 Å². The Morgan fingerprint density at radius 2 is 1.44 bits per heavy atom. The second kappa shape index (κ2) is 10.2. The zero-order chi connectivity index (χ0) is 18.9. The van der Waals surface area contributed by atoms with Crippen molar-refractivity contribution >= 4 is 0 Å². The highest BCUT2D eigenvalue weighted by Gasteiger charge is 2.17. The highest BCUT2D eigenvalue weighted by atomic mass is 16.5. The summed E-state index contributed by atoms with van der Waals surface area (Å²) in [4.78, 5) is 0. The van der Waals surface area contributed by atoms with Gasteiger partial charge in [-0.3, -0.25) is 0 Å². The van der Waals surface area contributed by atoms with Crippen molar-refractivity contribution in [2.45, 2.75) is 58.8 Å². The molecule has 27 heavy (non-hydrogen) atoms. The Balaban J connectivity index is 1.50. The van der Waals surface area contributed by atoms with E-state index in [1.807, 2.05) is 24.3 Å². The molecule has 0 aromatic heterocycles. The van der Waals surface area contributed by atoms with Crippen LogP contribution in [0.25, 0.3) is 0 Å². The van der Waals surface area contributed by atoms with Crippen LogP contribution in [0, 0.1) is 23.7 Å². The van der Waals surface area contributed by atoms with Gasteiger partial charge in [0.25, 0.3) is 0 Å². The van der Waals surface area contributed by atoms with Gasteiger partial charge in [0.1, 0.15) is 5.75 Å². The van der Waals surface area contributed by atoms with E-state index in [2.05, 4.69) is 50.0 Å². The van der Waals surface area contributed by atoms with Crippen LogP contribution in [-0.4, -0.2) is 6.61 Å². The highest BCUT2D eigenvalue weighted by Crippen LogP contribution is 2.31. The predicted octanol–water partition coefficient (Wildman–Crippen LogP) is 6.63. The van der Waals surface area contributed by atoms with Crippen molar-refractivity contribution < 1.29 is 4.74 Å². The van der Waals surface area contributed by atoms with Crippen LogP contribution in [0.5, 0.6) is 5.75 Å². The Morgan fingerprint density at radius 1 is 0.852 bits per heavy atom. The first kappa shape index (κ1) is 19.6. The molecule has 0 radical (unpaired) electrons. The van der Waals surface area contributed by atoms with E-state index in [0.29, 0.717) is 0 Å². The first-order valence-corrected chi connectivity index (χ1v) is 10.6. The van der Waals surface area contributed by atoms with Gasteiger partial charge in [-0.25, -0.2) is 0 Å². The maximum absolute atomic E-state index is 5.61. The van der Waals surface area contributed by atoms with Crippen LogP contribution in [0.15, 0.2) is 48.5 Å². The van der Waals surface area contributed by atoms with Crippen LogP contribution in [-0.2, 0) is 6.42 Å². The van der Waals surface area contributed by atoms with E-state index in [-0.39, 0.29) is 0 Å². The Morgan fingerprint density at radius 3 is 2.04 bits per heavy atom. The van der Waals surface area contributed by atoms with Gasteiger partial charge < -0.3 is 4.74 Å². The van der Waals surface area contributed by atoms with Gasteiger partial charge in [-0.15, -0.1) is 0 Å². The molecule has 0 atom stereocenters. The minimum atomic E-state index is 0.761. The van der Waals surface area contributed by atoms with Crippen LogP contribution in [0.3, 0.4) is 0 Å². The fourth-order valence-electron chi connectivity index (χ4n) is 3.74. The molecule has 1 aliphatic carbocycles. The van der Waals surface area contributed by atoms with Gasteiger partial charge in [0, 0.05) is 11.1 Å². The summed E-state index contributed by atoms with van der Waals surface area (Å²) >= 11 is 0. The summed E-state index contributed by atoms with van der Waals surface area (Å²) in [6.45, 7) is 5.27. The summed E-state index contributed by atoms with van der Waals surface area (Å²) in [5, 5.41) is 0. The van der Waals surface area contributed by atoms with Crippen LogP contribution in [0.4, 0.5) is 0 Å². The SMILES string of the molecule is CCCOc1ccc(C#Cc2ccc(CCC3CCC(C)CC3)cc2)cc1. The summed E-state index contributed by atoms with van der Waals surface area (Å²) in [5.74, 6) is 9.31. The molecule has 142 valence electrons. The minimum Gasteiger partial charge on any atom is -0.494 e. The van der Waals surface area contributed by atoms with Gasteiger partial charge >= 0.3 is 0 Å². The van der Waals surface area contributed by atoms with Crippen molar-refractivity contribution in [2.75, 3.05) is 6.61 Å². The smallest absolute Gasteiger partial charge is 0.119 e. The van der Waals surface area contributed by atoms with E-state index >= 15 is 0 Å². The molecular formula is C26H32O. The molecule has 0 amide bonds. The molecule has 0 spiro atoms. The molecule has 0 heterocycles. The Hall–Kier alpha value is -2.20. The first-order chi connectivity index (χ1) is 13.2. The maximum atomic E-state index is 5.61. The monoisotopic (exact) mass is 360 g/mol. The van der Waals surface area contributed by atoms with Crippen molar-refractivity contribution in [3.63, 3.8) is 0 Å². The molecular weight excluding hydrogens is 328 g/mol. The number of ether oxygens (including phenoxy) is 1. The molecule has 1 heteroatoms. The maximum Gasteiger partial charge on any atom is 0.119 e. The van der Waals surface area contributed by atoms with Crippen LogP contribution in [0.2, 0.25) is 0 Å². The largest absolute Gasteiger partial charge is 0.494 e. The van der Waals surface area contributed by atoms with Gasteiger partial charge in [0.15, 0.2) is 0 Å². The third kappa shape index (κ3) is 6.47. The summed E-state index contributed by atoms with van der Waals surface area (Å²) in [7, 11) is 0. The van der Waals surface area contributed by atoms with E-state index < -0.39 is 0 Å². The molecule has 3 rings (SSSR count). The normalized spacial score (nSPS) is 19.2. The Labute approximate surface area is 165 Å². The van der Waals surface area contributed by atoms with Gasteiger partial charge in [-0.2, -0.15) is 0 Å². The van der Waals surface area contributed by atoms with Crippen LogP contribution in [0.1, 0.15) is 69.1 Å². The van der Waals surface area contributed by atoms with Crippen LogP contribution < -0.4 is 4.74 Å².